The van der Waals surface area contributed by atoms with E-state index < -0.39 is 0 Å². The third-order valence-electron chi connectivity index (χ3n) is 5.16. The Bertz CT molecular complexity index is 549. The minimum Gasteiger partial charge on any atom is -0.493 e. The molecule has 1 atom stereocenters. The van der Waals surface area contributed by atoms with Crippen LogP contribution in [0.4, 0.5) is 0 Å². The lowest BCUT2D eigenvalue weighted by atomic mass is 9.76. The molecule has 1 aromatic carbocycles. The highest BCUT2D eigenvalue weighted by Crippen LogP contribution is 2.47. The molecule has 1 aromatic rings. The van der Waals surface area contributed by atoms with E-state index in [-0.39, 0.29) is 31.6 Å². The summed E-state index contributed by atoms with van der Waals surface area (Å²) in [5.41, 5.74) is 1.31. The Hall–Kier alpha value is -0.880. The first-order valence-electron chi connectivity index (χ1n) is 8.29. The fourth-order valence-corrected chi connectivity index (χ4v) is 3.82. The van der Waals surface area contributed by atoms with Crippen molar-refractivity contribution >= 4 is 24.8 Å². The van der Waals surface area contributed by atoms with E-state index in [2.05, 4.69) is 22.3 Å². The molecule has 7 heteroatoms. The largest absolute Gasteiger partial charge is 0.493 e. The minimum atomic E-state index is 0. The zero-order valence-corrected chi connectivity index (χ0v) is 15.6. The van der Waals surface area contributed by atoms with Crippen molar-refractivity contribution in [2.45, 2.75) is 25.3 Å². The number of rotatable bonds is 4. The Morgan fingerprint density at radius 1 is 1.17 bits per heavy atom. The minimum absolute atomic E-state index is 0. The molecule has 2 fully saturated rings. The van der Waals surface area contributed by atoms with Crippen molar-refractivity contribution in [2.75, 3.05) is 40.1 Å². The van der Waals surface area contributed by atoms with E-state index in [0.717, 1.165) is 49.3 Å². The number of hydrogen-bond acceptors (Lipinski definition) is 5. The summed E-state index contributed by atoms with van der Waals surface area (Å²) < 4.78 is 16.7. The summed E-state index contributed by atoms with van der Waals surface area (Å²) in [6, 6.07) is 4.79. The maximum Gasteiger partial charge on any atom is 0.231 e. The summed E-state index contributed by atoms with van der Waals surface area (Å²) >= 11 is 0. The SMILES string of the molecule is COc1cc([C@H](C2CCC2)N2CCNCC2)cc2c1OCO2.Cl.Cl. The molecule has 3 aliphatic rings. The van der Waals surface area contributed by atoms with Gasteiger partial charge in [0.2, 0.25) is 12.5 Å². The lowest BCUT2D eigenvalue weighted by Gasteiger charge is -2.43. The Morgan fingerprint density at radius 2 is 1.92 bits per heavy atom. The van der Waals surface area contributed by atoms with E-state index >= 15 is 0 Å². The van der Waals surface area contributed by atoms with Gasteiger partial charge in [-0.1, -0.05) is 6.42 Å². The van der Waals surface area contributed by atoms with Gasteiger partial charge in [-0.15, -0.1) is 24.8 Å². The maximum absolute atomic E-state index is 5.62. The van der Waals surface area contributed by atoms with Crippen molar-refractivity contribution in [3.8, 4) is 17.2 Å². The molecule has 5 nitrogen and oxygen atoms in total. The van der Waals surface area contributed by atoms with E-state index in [9.17, 15) is 0 Å². The van der Waals surface area contributed by atoms with Crippen LogP contribution in [0.25, 0.3) is 0 Å². The Labute approximate surface area is 155 Å². The molecule has 0 aromatic heterocycles. The van der Waals surface area contributed by atoms with Crippen LogP contribution < -0.4 is 19.5 Å². The number of benzene rings is 1. The van der Waals surface area contributed by atoms with Crippen molar-refractivity contribution in [1.29, 1.82) is 0 Å². The van der Waals surface area contributed by atoms with Gasteiger partial charge in [-0.05, 0) is 36.5 Å². The second-order valence-corrected chi connectivity index (χ2v) is 6.38. The van der Waals surface area contributed by atoms with Gasteiger partial charge in [0.15, 0.2) is 11.5 Å². The quantitative estimate of drug-likeness (QED) is 0.874. The van der Waals surface area contributed by atoms with E-state index in [1.807, 2.05) is 0 Å². The second-order valence-electron chi connectivity index (χ2n) is 6.38. The molecule has 0 bridgehead atoms. The summed E-state index contributed by atoms with van der Waals surface area (Å²) in [7, 11) is 1.70. The molecule has 4 rings (SSSR count). The van der Waals surface area contributed by atoms with Crippen LogP contribution in [0.15, 0.2) is 12.1 Å². The van der Waals surface area contributed by atoms with Gasteiger partial charge < -0.3 is 19.5 Å². The van der Waals surface area contributed by atoms with E-state index in [4.69, 9.17) is 14.2 Å². The molecule has 0 spiro atoms. The Morgan fingerprint density at radius 3 is 2.54 bits per heavy atom. The van der Waals surface area contributed by atoms with Gasteiger partial charge in [-0.2, -0.15) is 0 Å². The molecule has 2 aliphatic heterocycles. The Balaban J connectivity index is 0.00000104. The molecule has 0 radical (unpaired) electrons. The molecule has 24 heavy (non-hydrogen) atoms. The zero-order valence-electron chi connectivity index (χ0n) is 14.0. The number of methoxy groups -OCH3 is 1. The topological polar surface area (TPSA) is 43.0 Å². The number of halogens is 2. The first kappa shape index (κ1) is 19.4. The predicted molar refractivity (Wildman–Crippen MR) is 98.1 cm³/mol. The van der Waals surface area contributed by atoms with Crippen LogP contribution in [-0.2, 0) is 0 Å². The van der Waals surface area contributed by atoms with E-state index in [1.54, 1.807) is 7.11 Å². The third kappa shape index (κ3) is 3.54. The van der Waals surface area contributed by atoms with Crippen LogP contribution in [0, 0.1) is 5.92 Å². The van der Waals surface area contributed by atoms with Crippen molar-refractivity contribution in [3.05, 3.63) is 17.7 Å². The Kier molecular flexibility index (Phi) is 6.87. The first-order valence-corrected chi connectivity index (χ1v) is 8.29. The molecule has 1 N–H and O–H groups in total. The monoisotopic (exact) mass is 376 g/mol. The molecular formula is C17H26Cl2N2O3. The summed E-state index contributed by atoms with van der Waals surface area (Å²) in [5, 5.41) is 3.45. The van der Waals surface area contributed by atoms with Crippen LogP contribution in [0.3, 0.4) is 0 Å². The number of nitrogens with zero attached hydrogens (tertiary/aromatic N) is 1. The number of piperazine rings is 1. The summed E-state index contributed by atoms with van der Waals surface area (Å²) in [4.78, 5) is 2.62. The second kappa shape index (κ2) is 8.48. The zero-order chi connectivity index (χ0) is 14.9. The number of hydrogen-bond donors (Lipinski definition) is 1. The average Bonchev–Trinajstić information content (AvgIpc) is 2.99. The fraction of sp³-hybridized carbons (Fsp3) is 0.647. The molecule has 2 heterocycles. The van der Waals surface area contributed by atoms with Crippen LogP contribution in [-0.4, -0.2) is 45.0 Å². The lowest BCUT2D eigenvalue weighted by Crippen LogP contribution is -2.47. The number of nitrogens with one attached hydrogen (secondary N) is 1. The highest BCUT2D eigenvalue weighted by molar-refractivity contribution is 5.85. The first-order chi connectivity index (χ1) is 10.9. The van der Waals surface area contributed by atoms with Crippen molar-refractivity contribution in [3.63, 3.8) is 0 Å². The molecule has 136 valence electrons. The molecular weight excluding hydrogens is 351 g/mol. The highest BCUT2D eigenvalue weighted by atomic mass is 35.5. The lowest BCUT2D eigenvalue weighted by molar-refractivity contribution is 0.0834. The van der Waals surface area contributed by atoms with Gasteiger partial charge in [0.25, 0.3) is 0 Å². The van der Waals surface area contributed by atoms with Crippen LogP contribution in [0.1, 0.15) is 30.9 Å². The van der Waals surface area contributed by atoms with E-state index in [0.29, 0.717) is 6.04 Å². The van der Waals surface area contributed by atoms with Gasteiger partial charge in [-0.25, -0.2) is 0 Å². The standard InChI is InChI=1S/C17H24N2O3.2ClH/c1-20-14-9-13(10-15-17(14)22-11-21-15)16(12-3-2-4-12)19-7-5-18-6-8-19;;/h9-10,12,16,18H,2-8,11H2,1H3;2*1H/t16-;;/m0../s1. The fourth-order valence-electron chi connectivity index (χ4n) is 3.82. The summed E-state index contributed by atoms with van der Waals surface area (Å²) in [5.74, 6) is 3.13. The van der Waals surface area contributed by atoms with Gasteiger partial charge in [-0.3, -0.25) is 4.90 Å². The smallest absolute Gasteiger partial charge is 0.231 e. The van der Waals surface area contributed by atoms with E-state index in [1.165, 1.54) is 24.8 Å². The maximum atomic E-state index is 5.62. The molecule has 0 unspecified atom stereocenters. The van der Waals surface area contributed by atoms with Crippen molar-refractivity contribution in [1.82, 2.24) is 10.2 Å². The predicted octanol–water partition coefficient (Wildman–Crippen LogP) is 3.01. The van der Waals surface area contributed by atoms with Gasteiger partial charge in [0, 0.05) is 32.2 Å². The number of fused-ring (bicyclic) bond motifs is 1. The molecule has 1 saturated carbocycles. The molecule has 1 aliphatic carbocycles. The van der Waals surface area contributed by atoms with Crippen LogP contribution in [0.2, 0.25) is 0 Å². The van der Waals surface area contributed by atoms with Crippen molar-refractivity contribution in [2.24, 2.45) is 5.92 Å². The van der Waals surface area contributed by atoms with Crippen molar-refractivity contribution < 1.29 is 14.2 Å². The molecule has 0 amide bonds. The third-order valence-corrected chi connectivity index (χ3v) is 5.16. The van der Waals surface area contributed by atoms with Gasteiger partial charge in [0.1, 0.15) is 0 Å². The van der Waals surface area contributed by atoms with Gasteiger partial charge in [0.05, 0.1) is 7.11 Å². The van der Waals surface area contributed by atoms with Crippen LogP contribution >= 0.6 is 24.8 Å². The normalized spacial score (nSPS) is 21.2. The highest BCUT2D eigenvalue weighted by Gasteiger charge is 2.35. The van der Waals surface area contributed by atoms with Crippen LogP contribution in [0.5, 0.6) is 17.2 Å². The molecule has 1 saturated heterocycles. The summed E-state index contributed by atoms with van der Waals surface area (Å²) in [6.07, 6.45) is 4.01. The van der Waals surface area contributed by atoms with Gasteiger partial charge >= 0.3 is 0 Å². The summed E-state index contributed by atoms with van der Waals surface area (Å²) in [6.45, 7) is 4.66. The number of ether oxygens (including phenoxy) is 3. The average molecular weight is 377 g/mol.